The number of hydrogen-bond acceptors (Lipinski definition) is 2. The van der Waals surface area contributed by atoms with E-state index in [1.807, 2.05) is 0 Å². The Labute approximate surface area is 192 Å². The highest BCUT2D eigenvalue weighted by Gasteiger charge is 2.68. The van der Waals surface area contributed by atoms with E-state index in [4.69, 9.17) is 0 Å². The van der Waals surface area contributed by atoms with Crippen LogP contribution in [0.2, 0.25) is 0 Å². The predicted molar refractivity (Wildman–Crippen MR) is 103 cm³/mol. The molecule has 0 heterocycles. The fraction of sp³-hybridized carbons (Fsp3) is 0.316. The van der Waals surface area contributed by atoms with E-state index >= 15 is 0 Å². The molecule has 2 aromatic carbocycles. The van der Waals surface area contributed by atoms with Crippen LogP contribution in [-0.2, 0) is 6.18 Å². The number of benzene rings is 2. The summed E-state index contributed by atoms with van der Waals surface area (Å²) in [5.74, 6) is -2.59. The van der Waals surface area contributed by atoms with Gasteiger partial charge in [-0.25, -0.2) is 22.0 Å². The minimum absolute atomic E-state index is 0.165. The SMILES string of the molecule is CNc1cccc(C(=O)Nc2c(Br)cc(C(F)C(F)(C(F)F)C(F)(F)F)cc2C(F)(F)F)c1F. The number of nitrogens with one attached hydrogen (secondary N) is 2. The molecule has 15 heteroatoms. The zero-order valence-electron chi connectivity index (χ0n) is 16.5. The van der Waals surface area contributed by atoms with Gasteiger partial charge in [-0.1, -0.05) is 6.07 Å². The van der Waals surface area contributed by atoms with Gasteiger partial charge in [-0.05, 0) is 45.8 Å². The Bertz CT molecular complexity index is 1070. The van der Waals surface area contributed by atoms with E-state index in [1.54, 1.807) is 5.32 Å². The molecular weight excluding hydrogens is 561 g/mol. The van der Waals surface area contributed by atoms with Crippen molar-refractivity contribution in [1.82, 2.24) is 0 Å². The normalized spacial score (nSPS) is 15.1. The third-order valence-corrected chi connectivity index (χ3v) is 5.21. The minimum Gasteiger partial charge on any atom is -0.386 e. The topological polar surface area (TPSA) is 41.1 Å². The third kappa shape index (κ3) is 5.08. The van der Waals surface area contributed by atoms with Gasteiger partial charge in [-0.15, -0.1) is 0 Å². The second-order valence-corrected chi connectivity index (χ2v) is 7.58. The summed E-state index contributed by atoms with van der Waals surface area (Å²) >= 11 is 2.48. The maximum absolute atomic E-state index is 14.4. The zero-order chi connectivity index (χ0) is 26.2. The summed E-state index contributed by atoms with van der Waals surface area (Å²) in [7, 11) is 1.29. The van der Waals surface area contributed by atoms with Crippen LogP contribution in [0.1, 0.15) is 27.7 Å². The van der Waals surface area contributed by atoms with Gasteiger partial charge >= 0.3 is 12.4 Å². The summed E-state index contributed by atoms with van der Waals surface area (Å²) in [6.07, 6.45) is -21.2. The first kappa shape index (κ1) is 27.7. The Morgan fingerprint density at radius 1 is 1.00 bits per heavy atom. The van der Waals surface area contributed by atoms with Crippen LogP contribution >= 0.6 is 15.9 Å². The van der Waals surface area contributed by atoms with Gasteiger partial charge in [0.1, 0.15) is 0 Å². The molecular formula is C19H12BrF11N2O. The average molecular weight is 573 g/mol. The first-order valence-corrected chi connectivity index (χ1v) is 9.62. The van der Waals surface area contributed by atoms with Crippen LogP contribution < -0.4 is 10.6 Å². The molecule has 0 spiro atoms. The second kappa shape index (κ2) is 9.58. The molecule has 0 radical (unpaired) electrons. The van der Waals surface area contributed by atoms with Crippen LogP contribution in [0.4, 0.5) is 59.7 Å². The fourth-order valence-electron chi connectivity index (χ4n) is 2.83. The van der Waals surface area contributed by atoms with Crippen molar-refractivity contribution in [3.8, 4) is 0 Å². The Morgan fingerprint density at radius 3 is 2.06 bits per heavy atom. The summed E-state index contributed by atoms with van der Waals surface area (Å²) < 4.78 is 147. The molecule has 0 aliphatic carbocycles. The summed E-state index contributed by atoms with van der Waals surface area (Å²) in [5, 5.41) is 4.07. The molecule has 2 atom stereocenters. The molecule has 0 aromatic heterocycles. The molecule has 0 saturated carbocycles. The summed E-state index contributed by atoms with van der Waals surface area (Å²) in [5.41, 5.74) is -11.7. The second-order valence-electron chi connectivity index (χ2n) is 6.72. The molecule has 3 nitrogen and oxygen atoms in total. The number of anilines is 2. The Balaban J connectivity index is 2.62. The lowest BCUT2D eigenvalue weighted by Crippen LogP contribution is -2.50. The molecule has 0 aliphatic rings. The van der Waals surface area contributed by atoms with E-state index in [0.29, 0.717) is 0 Å². The Hall–Kier alpha value is -2.58. The lowest BCUT2D eigenvalue weighted by atomic mass is 9.92. The van der Waals surface area contributed by atoms with Crippen molar-refractivity contribution in [2.75, 3.05) is 17.7 Å². The van der Waals surface area contributed by atoms with Gasteiger partial charge in [-0.2, -0.15) is 26.3 Å². The van der Waals surface area contributed by atoms with Gasteiger partial charge in [0.25, 0.3) is 18.0 Å². The minimum atomic E-state index is -6.48. The van der Waals surface area contributed by atoms with E-state index < -0.39 is 69.2 Å². The molecule has 0 fully saturated rings. The number of carbonyl (C=O) groups is 1. The fourth-order valence-corrected chi connectivity index (χ4v) is 3.40. The van der Waals surface area contributed by atoms with Gasteiger partial charge < -0.3 is 10.6 Å². The maximum Gasteiger partial charge on any atom is 0.431 e. The molecule has 0 saturated heterocycles. The van der Waals surface area contributed by atoms with Crippen LogP contribution in [0.5, 0.6) is 0 Å². The molecule has 2 aromatic rings. The van der Waals surface area contributed by atoms with E-state index in [1.165, 1.54) is 19.2 Å². The van der Waals surface area contributed by atoms with Crippen molar-refractivity contribution in [2.24, 2.45) is 0 Å². The van der Waals surface area contributed by atoms with Crippen LogP contribution in [-0.4, -0.2) is 31.2 Å². The lowest BCUT2D eigenvalue weighted by Gasteiger charge is -2.30. The number of amides is 1. The van der Waals surface area contributed by atoms with Crippen molar-refractivity contribution in [3.63, 3.8) is 0 Å². The van der Waals surface area contributed by atoms with Crippen molar-refractivity contribution >= 4 is 33.2 Å². The Kier molecular flexibility index (Phi) is 7.80. The number of halogens is 12. The van der Waals surface area contributed by atoms with Crippen molar-refractivity contribution in [1.29, 1.82) is 0 Å². The maximum atomic E-state index is 14.4. The molecule has 0 aliphatic heterocycles. The summed E-state index contributed by atoms with van der Waals surface area (Å²) in [6.45, 7) is 0. The van der Waals surface area contributed by atoms with E-state index in [-0.39, 0.29) is 17.8 Å². The molecule has 188 valence electrons. The van der Waals surface area contributed by atoms with Gasteiger partial charge in [0.2, 0.25) is 0 Å². The lowest BCUT2D eigenvalue weighted by molar-refractivity contribution is -0.289. The molecule has 34 heavy (non-hydrogen) atoms. The highest BCUT2D eigenvalue weighted by atomic mass is 79.9. The number of carbonyl (C=O) groups excluding carboxylic acids is 1. The number of hydrogen-bond donors (Lipinski definition) is 2. The van der Waals surface area contributed by atoms with Crippen LogP contribution in [0, 0.1) is 5.82 Å². The van der Waals surface area contributed by atoms with E-state index in [0.717, 1.165) is 6.07 Å². The third-order valence-electron chi connectivity index (χ3n) is 4.58. The van der Waals surface area contributed by atoms with Crippen molar-refractivity contribution < 1.29 is 53.1 Å². The van der Waals surface area contributed by atoms with Gasteiger partial charge in [0.05, 0.1) is 22.5 Å². The zero-order valence-corrected chi connectivity index (χ0v) is 18.1. The molecule has 1 amide bonds. The summed E-state index contributed by atoms with van der Waals surface area (Å²) in [4.78, 5) is 12.4. The number of alkyl halides is 10. The van der Waals surface area contributed by atoms with Crippen LogP contribution in [0.15, 0.2) is 34.8 Å². The highest BCUT2D eigenvalue weighted by Crippen LogP contribution is 2.51. The largest absolute Gasteiger partial charge is 0.431 e. The summed E-state index contributed by atoms with van der Waals surface area (Å²) in [6, 6.07) is 3.10. The molecule has 2 unspecified atom stereocenters. The van der Waals surface area contributed by atoms with E-state index in [9.17, 15) is 53.1 Å². The van der Waals surface area contributed by atoms with Crippen molar-refractivity contribution in [2.45, 2.75) is 30.6 Å². The quantitative estimate of drug-likeness (QED) is 0.353. The molecule has 2 rings (SSSR count). The molecule has 2 N–H and O–H groups in total. The Morgan fingerprint density at radius 2 is 1.59 bits per heavy atom. The first-order valence-electron chi connectivity index (χ1n) is 8.82. The first-order chi connectivity index (χ1) is 15.5. The standard InChI is InChI=1S/C19H12BrF11N2O/c1-32-11-4-2-3-8(12(11)21)15(34)33-13-9(18(26,27)28)5-7(6-10(13)20)14(22)17(25,16(23)24)19(29,30)31/h2-6,14,16,32H,1H3,(H,33,34). The smallest absolute Gasteiger partial charge is 0.386 e. The van der Waals surface area contributed by atoms with Gasteiger partial charge in [0.15, 0.2) is 12.0 Å². The van der Waals surface area contributed by atoms with Gasteiger partial charge in [0, 0.05) is 11.5 Å². The highest BCUT2D eigenvalue weighted by molar-refractivity contribution is 9.10. The predicted octanol–water partition coefficient (Wildman–Crippen LogP) is 7.45. The van der Waals surface area contributed by atoms with Gasteiger partial charge in [-0.3, -0.25) is 4.79 Å². The molecule has 0 bridgehead atoms. The number of rotatable bonds is 6. The van der Waals surface area contributed by atoms with Crippen molar-refractivity contribution in [3.05, 3.63) is 57.3 Å². The average Bonchev–Trinajstić information content (AvgIpc) is 2.71. The van der Waals surface area contributed by atoms with E-state index in [2.05, 4.69) is 21.2 Å². The van der Waals surface area contributed by atoms with Crippen LogP contribution in [0.25, 0.3) is 0 Å². The van der Waals surface area contributed by atoms with Crippen LogP contribution in [0.3, 0.4) is 0 Å². The monoisotopic (exact) mass is 572 g/mol.